The molecule has 0 spiro atoms. The van der Waals surface area contributed by atoms with Gasteiger partial charge in [0.1, 0.15) is 0 Å². The molecule has 34 heavy (non-hydrogen) atoms. The molecule has 0 saturated heterocycles. The molecule has 6 rings (SSSR count). The average Bonchev–Trinajstić information content (AvgIpc) is 3.38. The fourth-order valence-corrected chi connectivity index (χ4v) is 7.66. The number of fused-ring (bicyclic) bond motifs is 1. The predicted octanol–water partition coefficient (Wildman–Crippen LogP) is 5.11. The van der Waals surface area contributed by atoms with Crippen LogP contribution in [0.2, 0.25) is 0 Å². The molecule has 1 amide bonds. The Labute approximate surface area is 205 Å². The average molecular weight is 460 g/mol. The molecule has 1 fully saturated rings. The Morgan fingerprint density at radius 3 is 2.79 bits per heavy atom. The quantitative estimate of drug-likeness (QED) is 0.679. The summed E-state index contributed by atoms with van der Waals surface area (Å²) in [7, 11) is 0. The second kappa shape index (κ2) is 8.26. The number of benzene rings is 1. The van der Waals surface area contributed by atoms with Gasteiger partial charge in [-0.2, -0.15) is 0 Å². The van der Waals surface area contributed by atoms with Crippen molar-refractivity contribution in [1.82, 2.24) is 10.2 Å². The lowest BCUT2D eigenvalue weighted by Gasteiger charge is -2.37. The van der Waals surface area contributed by atoms with E-state index in [2.05, 4.69) is 56.1 Å². The first-order chi connectivity index (χ1) is 16.3. The van der Waals surface area contributed by atoms with Crippen molar-refractivity contribution in [3.05, 3.63) is 51.7 Å². The summed E-state index contributed by atoms with van der Waals surface area (Å²) in [6.07, 6.45) is 10.5. The summed E-state index contributed by atoms with van der Waals surface area (Å²) in [5, 5.41) is 3.84. The number of rotatable bonds is 4. The molecule has 182 valence electrons. The molecule has 1 aromatic carbocycles. The van der Waals surface area contributed by atoms with Gasteiger partial charge < -0.3 is 10.2 Å². The zero-order chi connectivity index (χ0) is 23.6. The van der Waals surface area contributed by atoms with Crippen LogP contribution in [0.1, 0.15) is 76.5 Å². The number of nitrogens with zero attached hydrogens (tertiary/aromatic N) is 2. The molecule has 0 bridgehead atoms. The maximum Gasteiger partial charge on any atom is 0.227 e. The normalized spacial score (nSPS) is 30.2. The standard InChI is InChI=1S/C30H41N3O/c1-19-6-5-7-25-27(19)28(20(2)31-25)22-9-13-32(14-10-22)12-8-21-16-23-11-15-33-26(34)18-30(3,4)24(17-21)29(23)33/h9,16-17,19,25,27,31H,5-8,10-15,18H2,1-4H3. The van der Waals surface area contributed by atoms with Gasteiger partial charge >= 0.3 is 0 Å². The number of hydrogen-bond acceptors (Lipinski definition) is 3. The number of carbonyl (C=O) groups excluding carboxylic acids is 1. The van der Waals surface area contributed by atoms with E-state index in [0.717, 1.165) is 44.3 Å². The van der Waals surface area contributed by atoms with Gasteiger partial charge in [0.05, 0.1) is 5.69 Å². The predicted molar refractivity (Wildman–Crippen MR) is 139 cm³/mol. The molecule has 4 heteroatoms. The summed E-state index contributed by atoms with van der Waals surface area (Å²) in [5.74, 6) is 1.83. The molecule has 0 radical (unpaired) electrons. The Bertz CT molecular complexity index is 1080. The highest BCUT2D eigenvalue weighted by atomic mass is 16.2. The summed E-state index contributed by atoms with van der Waals surface area (Å²) in [4.78, 5) is 17.3. The number of amides is 1. The van der Waals surface area contributed by atoms with Crippen LogP contribution in [0.25, 0.3) is 0 Å². The minimum atomic E-state index is -0.0597. The van der Waals surface area contributed by atoms with Crippen molar-refractivity contribution in [3.8, 4) is 0 Å². The maximum absolute atomic E-state index is 12.6. The van der Waals surface area contributed by atoms with Gasteiger partial charge in [0.15, 0.2) is 0 Å². The van der Waals surface area contributed by atoms with E-state index in [1.807, 2.05) is 4.90 Å². The van der Waals surface area contributed by atoms with Crippen LogP contribution in [-0.2, 0) is 23.1 Å². The molecular weight excluding hydrogens is 418 g/mol. The number of nitrogens with one attached hydrogen (secondary N) is 1. The highest BCUT2D eigenvalue weighted by Crippen LogP contribution is 2.46. The van der Waals surface area contributed by atoms with Gasteiger partial charge in [-0.25, -0.2) is 0 Å². The van der Waals surface area contributed by atoms with Crippen LogP contribution in [0.3, 0.4) is 0 Å². The molecule has 4 nitrogen and oxygen atoms in total. The highest BCUT2D eigenvalue weighted by molar-refractivity contribution is 6.00. The Balaban J connectivity index is 1.14. The van der Waals surface area contributed by atoms with E-state index in [9.17, 15) is 4.79 Å². The molecular formula is C30H41N3O. The Morgan fingerprint density at radius 1 is 1.15 bits per heavy atom. The lowest BCUT2D eigenvalue weighted by molar-refractivity contribution is -0.120. The first-order valence-corrected chi connectivity index (χ1v) is 13.7. The Kier molecular flexibility index (Phi) is 5.44. The fraction of sp³-hybridized carbons (Fsp3) is 0.633. The fourth-order valence-electron chi connectivity index (χ4n) is 7.66. The first kappa shape index (κ1) is 22.4. The van der Waals surface area contributed by atoms with E-state index in [4.69, 9.17) is 0 Å². The van der Waals surface area contributed by atoms with Crippen LogP contribution in [-0.4, -0.2) is 43.0 Å². The van der Waals surface area contributed by atoms with E-state index in [1.165, 1.54) is 60.3 Å². The molecule has 1 N–H and O–H groups in total. The van der Waals surface area contributed by atoms with Gasteiger partial charge in [0, 0.05) is 55.7 Å². The monoisotopic (exact) mass is 459 g/mol. The molecule has 3 atom stereocenters. The van der Waals surface area contributed by atoms with E-state index in [1.54, 1.807) is 11.1 Å². The lowest BCUT2D eigenvalue weighted by atomic mass is 9.72. The first-order valence-electron chi connectivity index (χ1n) is 13.7. The van der Waals surface area contributed by atoms with Crippen LogP contribution >= 0.6 is 0 Å². The number of carbonyl (C=O) groups is 1. The van der Waals surface area contributed by atoms with E-state index in [-0.39, 0.29) is 5.41 Å². The molecule has 0 aromatic heterocycles. The van der Waals surface area contributed by atoms with Crippen molar-refractivity contribution in [2.45, 2.75) is 84.1 Å². The summed E-state index contributed by atoms with van der Waals surface area (Å²) < 4.78 is 0. The third-order valence-corrected chi connectivity index (χ3v) is 9.46. The zero-order valence-corrected chi connectivity index (χ0v) is 21.5. The summed E-state index contributed by atoms with van der Waals surface area (Å²) in [5.41, 5.74) is 10.1. The number of anilines is 1. The topological polar surface area (TPSA) is 35.6 Å². The van der Waals surface area contributed by atoms with Crippen LogP contribution in [0.4, 0.5) is 5.69 Å². The Morgan fingerprint density at radius 2 is 2.00 bits per heavy atom. The van der Waals surface area contributed by atoms with Crippen LogP contribution < -0.4 is 10.2 Å². The zero-order valence-electron chi connectivity index (χ0n) is 21.5. The largest absolute Gasteiger partial charge is 0.385 e. The van der Waals surface area contributed by atoms with Crippen molar-refractivity contribution < 1.29 is 4.79 Å². The molecule has 1 aromatic rings. The van der Waals surface area contributed by atoms with Gasteiger partial charge in [-0.15, -0.1) is 0 Å². The second-order valence-electron chi connectivity index (χ2n) is 12.3. The molecule has 1 saturated carbocycles. The summed E-state index contributed by atoms with van der Waals surface area (Å²) in [6, 6.07) is 5.48. The minimum Gasteiger partial charge on any atom is -0.385 e. The summed E-state index contributed by atoms with van der Waals surface area (Å²) in [6.45, 7) is 13.5. The van der Waals surface area contributed by atoms with Crippen molar-refractivity contribution in [2.75, 3.05) is 31.1 Å². The van der Waals surface area contributed by atoms with Gasteiger partial charge in [-0.3, -0.25) is 9.69 Å². The van der Waals surface area contributed by atoms with Crippen molar-refractivity contribution >= 4 is 11.6 Å². The van der Waals surface area contributed by atoms with Crippen LogP contribution in [0.15, 0.2) is 35.1 Å². The Hall–Kier alpha value is -2.07. The van der Waals surface area contributed by atoms with Crippen LogP contribution in [0.5, 0.6) is 0 Å². The smallest absolute Gasteiger partial charge is 0.227 e. The van der Waals surface area contributed by atoms with Gasteiger partial charge in [0.2, 0.25) is 5.91 Å². The number of allylic oxidation sites excluding steroid dienone is 1. The SMILES string of the molecule is CC1=C(C2=CCN(CCc3cc4c5c(c3)C(C)(C)CC(=O)N5CC4)CC2)C2C(C)CCCC2N1. The third kappa shape index (κ3) is 3.64. The number of hydrogen-bond donors (Lipinski definition) is 1. The van der Waals surface area contributed by atoms with E-state index < -0.39 is 0 Å². The summed E-state index contributed by atoms with van der Waals surface area (Å²) >= 11 is 0. The molecule has 3 unspecified atom stereocenters. The van der Waals surface area contributed by atoms with E-state index in [0.29, 0.717) is 18.4 Å². The highest BCUT2D eigenvalue weighted by Gasteiger charge is 2.41. The van der Waals surface area contributed by atoms with Crippen molar-refractivity contribution in [3.63, 3.8) is 0 Å². The lowest BCUT2D eigenvalue weighted by Crippen LogP contribution is -2.40. The molecule has 4 heterocycles. The van der Waals surface area contributed by atoms with Crippen LogP contribution in [0, 0.1) is 11.8 Å². The molecule has 1 aliphatic carbocycles. The molecule has 4 aliphatic heterocycles. The minimum absolute atomic E-state index is 0.0597. The second-order valence-corrected chi connectivity index (χ2v) is 12.3. The van der Waals surface area contributed by atoms with Crippen molar-refractivity contribution in [2.24, 2.45) is 11.8 Å². The van der Waals surface area contributed by atoms with Gasteiger partial charge in [0.25, 0.3) is 0 Å². The third-order valence-electron chi connectivity index (χ3n) is 9.46. The molecule has 5 aliphatic rings. The van der Waals surface area contributed by atoms with Gasteiger partial charge in [-0.1, -0.05) is 45.4 Å². The van der Waals surface area contributed by atoms with E-state index >= 15 is 0 Å². The van der Waals surface area contributed by atoms with Crippen molar-refractivity contribution in [1.29, 1.82) is 0 Å². The maximum atomic E-state index is 12.6. The van der Waals surface area contributed by atoms with Gasteiger partial charge in [-0.05, 0) is 72.8 Å².